The summed E-state index contributed by atoms with van der Waals surface area (Å²) in [6.07, 6.45) is 0. The van der Waals surface area contributed by atoms with E-state index in [4.69, 9.17) is 0 Å². The van der Waals surface area contributed by atoms with Crippen molar-refractivity contribution in [2.45, 2.75) is 24.6 Å². The van der Waals surface area contributed by atoms with Crippen molar-refractivity contribution < 1.29 is 4.39 Å². The van der Waals surface area contributed by atoms with Gasteiger partial charge in [-0.15, -0.1) is 10.2 Å². The lowest BCUT2D eigenvalue weighted by atomic mass is 10.2. The average molecular weight is 393 g/mol. The predicted octanol–water partition coefficient (Wildman–Crippen LogP) is 4.47. The monoisotopic (exact) mass is 392 g/mol. The second-order valence-electron chi connectivity index (χ2n) is 5.09. The highest BCUT2D eigenvalue weighted by Crippen LogP contribution is 2.26. The molecule has 0 amide bonds. The van der Waals surface area contributed by atoms with Crippen molar-refractivity contribution in [1.29, 1.82) is 0 Å². The van der Waals surface area contributed by atoms with E-state index < -0.39 is 0 Å². The number of thioether (sulfide) groups is 1. The van der Waals surface area contributed by atoms with Gasteiger partial charge in [0.05, 0.1) is 5.69 Å². The highest BCUT2D eigenvalue weighted by molar-refractivity contribution is 9.10. The summed E-state index contributed by atoms with van der Waals surface area (Å²) in [5, 5.41) is 13.7. The predicted molar refractivity (Wildman–Crippen MR) is 92.3 cm³/mol. The van der Waals surface area contributed by atoms with Gasteiger partial charge in [0, 0.05) is 15.9 Å². The van der Waals surface area contributed by atoms with Crippen LogP contribution in [0.25, 0.3) is 5.82 Å². The van der Waals surface area contributed by atoms with Crippen LogP contribution in [0.3, 0.4) is 0 Å². The smallest absolute Gasteiger partial charge is 0.175 e. The second-order valence-corrected chi connectivity index (χ2v) is 6.94. The molecule has 0 unspecified atom stereocenters. The molecule has 0 N–H and O–H groups in total. The third-order valence-corrected chi connectivity index (χ3v) is 4.95. The first-order valence-electron chi connectivity index (χ1n) is 6.97. The van der Waals surface area contributed by atoms with Crippen LogP contribution in [0.5, 0.6) is 0 Å². The van der Waals surface area contributed by atoms with Crippen molar-refractivity contribution in [3.8, 4) is 5.82 Å². The van der Waals surface area contributed by atoms with Gasteiger partial charge in [0.2, 0.25) is 0 Å². The van der Waals surface area contributed by atoms with Crippen LogP contribution in [0.4, 0.5) is 4.39 Å². The second kappa shape index (κ2) is 6.80. The third-order valence-electron chi connectivity index (χ3n) is 3.24. The molecule has 0 bridgehead atoms. The van der Waals surface area contributed by atoms with Gasteiger partial charge in [0.1, 0.15) is 10.8 Å². The Morgan fingerprint density at radius 2 is 1.96 bits per heavy atom. The number of hydrogen-bond donors (Lipinski definition) is 0. The fourth-order valence-corrected chi connectivity index (χ4v) is 3.65. The van der Waals surface area contributed by atoms with Crippen molar-refractivity contribution in [2.75, 3.05) is 0 Å². The zero-order valence-electron chi connectivity index (χ0n) is 12.6. The van der Waals surface area contributed by atoms with Gasteiger partial charge in [-0.05, 0) is 49.7 Å². The summed E-state index contributed by atoms with van der Waals surface area (Å²) in [5.41, 5.74) is 2.98. The van der Waals surface area contributed by atoms with E-state index in [2.05, 4.69) is 31.2 Å². The molecule has 0 aliphatic rings. The summed E-state index contributed by atoms with van der Waals surface area (Å²) in [6, 6.07) is 10.5. The molecule has 3 aromatic rings. The Morgan fingerprint density at radius 3 is 2.57 bits per heavy atom. The number of benzene rings is 1. The molecule has 0 aliphatic heterocycles. The first-order valence-corrected chi connectivity index (χ1v) is 8.75. The van der Waals surface area contributed by atoms with E-state index in [9.17, 15) is 4.39 Å². The van der Waals surface area contributed by atoms with Crippen LogP contribution in [0, 0.1) is 19.7 Å². The molecule has 0 atom stereocenters. The zero-order valence-corrected chi connectivity index (χ0v) is 15.0. The van der Waals surface area contributed by atoms with E-state index in [0.29, 0.717) is 11.6 Å². The molecule has 23 heavy (non-hydrogen) atoms. The SMILES string of the molecule is Cc1cc(C)n(-c2ccc(SCc3ccc(F)cc3Br)nn2)n1. The fourth-order valence-electron chi connectivity index (χ4n) is 2.15. The number of aryl methyl sites for hydroxylation is 2. The number of aromatic nitrogens is 4. The molecule has 0 saturated carbocycles. The van der Waals surface area contributed by atoms with Crippen LogP contribution in [0.2, 0.25) is 0 Å². The number of nitrogens with zero attached hydrogens (tertiary/aromatic N) is 4. The first-order chi connectivity index (χ1) is 11.0. The Labute approximate surface area is 146 Å². The number of halogens is 2. The summed E-state index contributed by atoms with van der Waals surface area (Å²) < 4.78 is 15.6. The van der Waals surface area contributed by atoms with Crippen molar-refractivity contribution in [2.24, 2.45) is 0 Å². The molecule has 0 spiro atoms. The lowest BCUT2D eigenvalue weighted by Crippen LogP contribution is -2.03. The molecule has 118 valence electrons. The van der Waals surface area contributed by atoms with Crippen LogP contribution >= 0.6 is 27.7 Å². The van der Waals surface area contributed by atoms with Crippen molar-refractivity contribution >= 4 is 27.7 Å². The normalized spacial score (nSPS) is 11.0. The van der Waals surface area contributed by atoms with Crippen LogP contribution in [0.1, 0.15) is 17.0 Å². The Bertz CT molecular complexity index is 833. The molecule has 1 aromatic carbocycles. The molecule has 2 aromatic heterocycles. The fraction of sp³-hybridized carbons (Fsp3) is 0.188. The Balaban J connectivity index is 1.71. The number of rotatable bonds is 4. The van der Waals surface area contributed by atoms with E-state index in [0.717, 1.165) is 26.4 Å². The maximum atomic E-state index is 13.1. The summed E-state index contributed by atoms with van der Waals surface area (Å²) in [4.78, 5) is 0. The Hall–Kier alpha value is -1.73. The minimum Gasteiger partial charge on any atom is -0.218 e. The molecular formula is C16H14BrFN4S. The summed E-state index contributed by atoms with van der Waals surface area (Å²) in [7, 11) is 0. The Morgan fingerprint density at radius 1 is 1.13 bits per heavy atom. The lowest BCUT2D eigenvalue weighted by molar-refractivity contribution is 0.626. The van der Waals surface area contributed by atoms with Crippen LogP contribution in [-0.4, -0.2) is 20.0 Å². The molecule has 4 nitrogen and oxygen atoms in total. The van der Waals surface area contributed by atoms with Crippen LogP contribution in [-0.2, 0) is 5.75 Å². The largest absolute Gasteiger partial charge is 0.218 e. The van der Waals surface area contributed by atoms with Gasteiger partial charge >= 0.3 is 0 Å². The van der Waals surface area contributed by atoms with Gasteiger partial charge in [-0.1, -0.05) is 33.8 Å². The van der Waals surface area contributed by atoms with Crippen LogP contribution in [0.15, 0.2) is 45.9 Å². The lowest BCUT2D eigenvalue weighted by Gasteiger charge is -2.05. The highest BCUT2D eigenvalue weighted by atomic mass is 79.9. The van der Waals surface area contributed by atoms with Crippen molar-refractivity contribution in [1.82, 2.24) is 20.0 Å². The molecule has 0 saturated heterocycles. The molecule has 0 fully saturated rings. The van der Waals surface area contributed by atoms with Crippen molar-refractivity contribution in [3.05, 3.63) is 63.6 Å². The van der Waals surface area contributed by atoms with Gasteiger partial charge in [-0.25, -0.2) is 9.07 Å². The number of hydrogen-bond acceptors (Lipinski definition) is 4. The topological polar surface area (TPSA) is 43.6 Å². The maximum absolute atomic E-state index is 13.1. The third kappa shape index (κ3) is 3.79. The molecule has 0 aliphatic carbocycles. The van der Waals surface area contributed by atoms with Crippen LogP contribution < -0.4 is 0 Å². The zero-order chi connectivity index (χ0) is 16.4. The van der Waals surface area contributed by atoms with Gasteiger partial charge in [0.15, 0.2) is 5.82 Å². The van der Waals surface area contributed by atoms with E-state index in [1.54, 1.807) is 22.5 Å². The molecule has 0 radical (unpaired) electrons. The van der Waals surface area contributed by atoms with Gasteiger partial charge in [0.25, 0.3) is 0 Å². The minimum atomic E-state index is -0.250. The summed E-state index contributed by atoms with van der Waals surface area (Å²) in [5.74, 6) is 1.14. The highest BCUT2D eigenvalue weighted by Gasteiger charge is 2.07. The van der Waals surface area contributed by atoms with Gasteiger partial charge in [-0.3, -0.25) is 0 Å². The quantitative estimate of drug-likeness (QED) is 0.614. The van der Waals surface area contributed by atoms with E-state index in [1.165, 1.54) is 12.1 Å². The molecule has 3 rings (SSSR count). The van der Waals surface area contributed by atoms with Crippen molar-refractivity contribution in [3.63, 3.8) is 0 Å². The molecular weight excluding hydrogens is 379 g/mol. The van der Waals surface area contributed by atoms with E-state index in [-0.39, 0.29) is 5.82 Å². The summed E-state index contributed by atoms with van der Waals surface area (Å²) >= 11 is 4.92. The average Bonchev–Trinajstić information content (AvgIpc) is 2.86. The minimum absolute atomic E-state index is 0.250. The summed E-state index contributed by atoms with van der Waals surface area (Å²) in [6.45, 7) is 3.93. The van der Waals surface area contributed by atoms with Gasteiger partial charge in [-0.2, -0.15) is 5.10 Å². The van der Waals surface area contributed by atoms with E-state index in [1.807, 2.05) is 32.0 Å². The Kier molecular flexibility index (Phi) is 4.77. The molecule has 7 heteroatoms. The van der Waals surface area contributed by atoms with E-state index >= 15 is 0 Å². The standard InChI is InChI=1S/C16H14BrFN4S/c1-10-7-11(2)22(21-10)15-5-6-16(20-19-15)23-9-12-3-4-13(18)8-14(12)17/h3-8H,9H2,1-2H3. The first kappa shape index (κ1) is 16.1. The maximum Gasteiger partial charge on any atom is 0.175 e. The molecule has 2 heterocycles. The van der Waals surface area contributed by atoms with Gasteiger partial charge < -0.3 is 0 Å².